The number of nitrogens with zero attached hydrogens (tertiary/aromatic N) is 1. The van der Waals surface area contributed by atoms with Crippen LogP contribution in [0.25, 0.3) is 0 Å². The van der Waals surface area contributed by atoms with Gasteiger partial charge in [-0.2, -0.15) is 0 Å². The molecule has 1 heterocycles. The number of halogens is 1. The molecule has 0 bridgehead atoms. The van der Waals surface area contributed by atoms with Gasteiger partial charge in [-0.3, -0.25) is 14.4 Å². The summed E-state index contributed by atoms with van der Waals surface area (Å²) >= 11 is 6.92. The molecule has 46 heavy (non-hydrogen) atoms. The summed E-state index contributed by atoms with van der Waals surface area (Å²) < 4.78 is 12.0. The van der Waals surface area contributed by atoms with Crippen LogP contribution in [0.2, 0.25) is 5.02 Å². The van der Waals surface area contributed by atoms with Crippen molar-refractivity contribution in [3.8, 4) is 11.5 Å². The molecule has 0 radical (unpaired) electrons. The predicted octanol–water partition coefficient (Wildman–Crippen LogP) is 8.47. The minimum Gasteiger partial charge on any atom is -0.490 e. The molecule has 0 fully saturated rings. The monoisotopic (exact) mass is 646 g/mol. The highest BCUT2D eigenvalue weighted by atomic mass is 35.5. The first kappa shape index (κ1) is 33.8. The van der Waals surface area contributed by atoms with E-state index < -0.39 is 5.92 Å². The van der Waals surface area contributed by atoms with E-state index in [1.54, 1.807) is 6.07 Å². The zero-order valence-electron chi connectivity index (χ0n) is 28.5. The van der Waals surface area contributed by atoms with Gasteiger partial charge >= 0.3 is 0 Å². The van der Waals surface area contributed by atoms with E-state index in [1.165, 1.54) is 0 Å². The number of ketones is 2. The van der Waals surface area contributed by atoms with Gasteiger partial charge in [-0.15, -0.1) is 0 Å². The van der Waals surface area contributed by atoms with Crippen molar-refractivity contribution in [3.05, 3.63) is 74.6 Å². The Kier molecular flexibility index (Phi) is 9.47. The third-order valence-corrected chi connectivity index (χ3v) is 9.64. The van der Waals surface area contributed by atoms with E-state index in [1.807, 2.05) is 45.0 Å². The number of rotatable bonds is 9. The van der Waals surface area contributed by atoms with Gasteiger partial charge in [-0.25, -0.2) is 0 Å². The summed E-state index contributed by atoms with van der Waals surface area (Å²) in [6.07, 6.45) is 3.21. The fraction of sp³-hybridized carbons (Fsp3) is 0.500. The summed E-state index contributed by atoms with van der Waals surface area (Å²) in [5.74, 6) is -0.115. The summed E-state index contributed by atoms with van der Waals surface area (Å²) in [5, 5.41) is 3.17. The molecular formula is C38H47ClN2O5. The molecule has 7 nitrogen and oxygen atoms in total. The van der Waals surface area contributed by atoms with Crippen LogP contribution in [0.15, 0.2) is 52.9 Å². The molecule has 0 spiro atoms. The summed E-state index contributed by atoms with van der Waals surface area (Å²) in [7, 11) is 0. The van der Waals surface area contributed by atoms with Gasteiger partial charge in [0, 0.05) is 53.5 Å². The maximum Gasteiger partial charge on any atom is 0.262 e. The lowest BCUT2D eigenvalue weighted by molar-refractivity contribution is -0.120. The van der Waals surface area contributed by atoms with E-state index in [4.69, 9.17) is 21.1 Å². The second kappa shape index (κ2) is 12.9. The van der Waals surface area contributed by atoms with Gasteiger partial charge in [-0.1, -0.05) is 58.4 Å². The number of amides is 1. The van der Waals surface area contributed by atoms with Crippen LogP contribution in [0.1, 0.15) is 96.3 Å². The number of carbonyl (C=O) groups is 3. The Labute approximate surface area is 278 Å². The zero-order chi connectivity index (χ0) is 33.6. The molecule has 3 aliphatic rings. The predicted molar refractivity (Wildman–Crippen MR) is 182 cm³/mol. The number of hydrogen-bond donors (Lipinski definition) is 1. The van der Waals surface area contributed by atoms with Crippen molar-refractivity contribution < 1.29 is 23.9 Å². The smallest absolute Gasteiger partial charge is 0.262 e. The largest absolute Gasteiger partial charge is 0.490 e. The van der Waals surface area contributed by atoms with E-state index in [0.29, 0.717) is 36.3 Å². The number of carbonyl (C=O) groups excluding carboxylic acids is 3. The number of nitrogens with one attached hydrogen (secondary N) is 1. The highest BCUT2D eigenvalue weighted by molar-refractivity contribution is 6.32. The van der Waals surface area contributed by atoms with Crippen LogP contribution in [0, 0.1) is 24.7 Å². The average molecular weight is 647 g/mol. The highest BCUT2D eigenvalue weighted by Crippen LogP contribution is 2.55. The molecule has 8 heteroatoms. The van der Waals surface area contributed by atoms with Crippen LogP contribution in [-0.4, -0.2) is 42.1 Å². The van der Waals surface area contributed by atoms with Crippen molar-refractivity contribution in [2.24, 2.45) is 10.8 Å². The van der Waals surface area contributed by atoms with Crippen LogP contribution in [0.5, 0.6) is 11.5 Å². The third-order valence-electron chi connectivity index (χ3n) is 9.36. The Morgan fingerprint density at radius 3 is 2.11 bits per heavy atom. The molecule has 2 aliphatic carbocycles. The van der Waals surface area contributed by atoms with E-state index in [9.17, 15) is 14.4 Å². The Morgan fingerprint density at radius 1 is 0.935 bits per heavy atom. The molecule has 5 rings (SSSR count). The molecule has 246 valence electrons. The topological polar surface area (TPSA) is 84.9 Å². The number of hydrogen-bond acceptors (Lipinski definition) is 6. The lowest BCUT2D eigenvalue weighted by Gasteiger charge is -2.49. The quantitative estimate of drug-likeness (QED) is 0.294. The minimum atomic E-state index is -0.552. The average Bonchev–Trinajstić information content (AvgIpc) is 2.94. The minimum absolute atomic E-state index is 0.0686. The molecule has 1 N–H and O–H groups in total. The first-order valence-corrected chi connectivity index (χ1v) is 16.8. The Morgan fingerprint density at radius 2 is 1.54 bits per heavy atom. The molecule has 1 amide bonds. The molecule has 1 aliphatic heterocycles. The van der Waals surface area contributed by atoms with Crippen LogP contribution in [-0.2, 0) is 14.4 Å². The number of anilines is 1. The third kappa shape index (κ3) is 6.62. The molecule has 0 unspecified atom stereocenters. The van der Waals surface area contributed by atoms with Crippen molar-refractivity contribution in [2.45, 2.75) is 93.4 Å². The molecule has 0 atom stereocenters. The van der Waals surface area contributed by atoms with Gasteiger partial charge in [-0.05, 0) is 85.8 Å². The first-order chi connectivity index (χ1) is 21.7. The first-order valence-electron chi connectivity index (χ1n) is 16.4. The van der Waals surface area contributed by atoms with Crippen molar-refractivity contribution in [1.29, 1.82) is 0 Å². The van der Waals surface area contributed by atoms with E-state index in [0.717, 1.165) is 59.6 Å². The van der Waals surface area contributed by atoms with Crippen LogP contribution < -0.4 is 14.8 Å². The van der Waals surface area contributed by atoms with Gasteiger partial charge in [0.2, 0.25) is 0 Å². The van der Waals surface area contributed by atoms with Crippen LogP contribution in [0.3, 0.4) is 0 Å². The maximum atomic E-state index is 14.1. The fourth-order valence-corrected chi connectivity index (χ4v) is 7.52. The lowest BCUT2D eigenvalue weighted by Crippen LogP contribution is -2.44. The number of ether oxygens (including phenoxy) is 2. The molecular weight excluding hydrogens is 600 g/mol. The summed E-state index contributed by atoms with van der Waals surface area (Å²) in [6, 6.07) is 9.35. The Balaban J connectivity index is 1.57. The second-order valence-corrected chi connectivity index (χ2v) is 14.9. The Hall–Kier alpha value is -3.58. The summed E-state index contributed by atoms with van der Waals surface area (Å²) in [5.41, 5.74) is 6.56. The zero-order valence-corrected chi connectivity index (χ0v) is 29.2. The molecule has 2 aromatic rings. The Bertz CT molecular complexity index is 1600. The summed E-state index contributed by atoms with van der Waals surface area (Å²) in [4.78, 5) is 43.3. The standard InChI is InChI=1S/C38H47ClN2O5/c1-9-14-41-27-17-37(5,6)19-29(42)34(27)33(35-28(41)18-38(7,8)20-30(35)43)24-15-25(39)36(31(16-24)45-10-2)46-21-32(44)40-26-13-11-12-22(3)23(26)4/h11-13,15-16,33H,9-10,14,17-21H2,1-8H3,(H,40,44). The fourth-order valence-electron chi connectivity index (χ4n) is 7.24. The van der Waals surface area contributed by atoms with Crippen LogP contribution >= 0.6 is 11.6 Å². The number of benzene rings is 2. The van der Waals surface area contributed by atoms with Gasteiger partial charge in [0.05, 0.1) is 11.6 Å². The van der Waals surface area contributed by atoms with Crippen LogP contribution in [0.4, 0.5) is 5.69 Å². The van der Waals surface area contributed by atoms with Gasteiger partial charge in [0.1, 0.15) is 0 Å². The molecule has 2 aromatic carbocycles. The lowest BCUT2D eigenvalue weighted by atomic mass is 9.63. The number of Topliss-reactive ketones (excluding diaryl/α,β-unsaturated/α-hetero) is 2. The number of aryl methyl sites for hydroxylation is 1. The SMILES string of the molecule is CCCN1C2=C(C(=O)CC(C)(C)C2)C(c2cc(Cl)c(OCC(=O)Nc3cccc(C)c3C)c(OCC)c2)C2=C1CC(C)(C)CC2=O. The highest BCUT2D eigenvalue weighted by Gasteiger charge is 2.49. The molecule has 0 saturated carbocycles. The van der Waals surface area contributed by atoms with Crippen molar-refractivity contribution in [2.75, 3.05) is 25.1 Å². The van der Waals surface area contributed by atoms with Gasteiger partial charge in [0.25, 0.3) is 5.91 Å². The van der Waals surface area contributed by atoms with Crippen molar-refractivity contribution in [1.82, 2.24) is 4.90 Å². The second-order valence-electron chi connectivity index (χ2n) is 14.5. The maximum absolute atomic E-state index is 14.1. The van der Waals surface area contributed by atoms with E-state index in [-0.39, 0.29) is 45.7 Å². The summed E-state index contributed by atoms with van der Waals surface area (Å²) in [6.45, 7) is 17.3. The van der Waals surface area contributed by atoms with Crippen molar-refractivity contribution in [3.63, 3.8) is 0 Å². The van der Waals surface area contributed by atoms with Crippen molar-refractivity contribution >= 4 is 34.8 Å². The van der Waals surface area contributed by atoms with E-state index >= 15 is 0 Å². The molecule has 0 aromatic heterocycles. The number of allylic oxidation sites excluding steroid dienone is 4. The van der Waals surface area contributed by atoms with Gasteiger partial charge < -0.3 is 19.7 Å². The normalized spacial score (nSPS) is 19.2. The van der Waals surface area contributed by atoms with Gasteiger partial charge in [0.15, 0.2) is 29.7 Å². The molecule has 0 saturated heterocycles. The van der Waals surface area contributed by atoms with E-state index in [2.05, 4.69) is 44.8 Å².